The molecule has 15 heavy (non-hydrogen) atoms. The van der Waals surface area contributed by atoms with E-state index in [1.807, 2.05) is 13.8 Å². The molecule has 0 aliphatic heterocycles. The van der Waals surface area contributed by atoms with E-state index in [1.165, 1.54) is 0 Å². The molecule has 1 aromatic carbocycles. The van der Waals surface area contributed by atoms with Crippen molar-refractivity contribution < 1.29 is 9.84 Å². The number of aliphatic hydroxyl groups is 1. The van der Waals surface area contributed by atoms with Gasteiger partial charge in [-0.3, -0.25) is 5.41 Å². The number of benzene rings is 1. The van der Waals surface area contributed by atoms with Gasteiger partial charge in [0.25, 0.3) is 0 Å². The number of ether oxygens (including phenoxy) is 1. The van der Waals surface area contributed by atoms with Gasteiger partial charge in [-0.05, 0) is 24.3 Å². The Kier molecular flexibility index (Phi) is 11.2. The van der Waals surface area contributed by atoms with E-state index in [1.54, 1.807) is 31.4 Å². The molecular weight excluding hydrogens is 192 g/mol. The number of methoxy groups -OCH3 is 1. The zero-order chi connectivity index (χ0) is 12.3. The highest BCUT2D eigenvalue weighted by Crippen LogP contribution is 2.10. The lowest BCUT2D eigenvalue weighted by Crippen LogP contribution is -2.10. The number of nitrogen functional groups attached to an aromatic ring is 1. The summed E-state index contributed by atoms with van der Waals surface area (Å²) in [5.74, 6) is 0.850. The highest BCUT2D eigenvalue weighted by molar-refractivity contribution is 5.94. The first-order valence-electron chi connectivity index (χ1n) is 4.67. The molecule has 0 atom stereocenters. The molecule has 0 aliphatic rings. The van der Waals surface area contributed by atoms with Crippen molar-refractivity contribution in [1.29, 1.82) is 5.41 Å². The second-order valence-corrected chi connectivity index (χ2v) is 2.14. The molecule has 0 saturated carbocycles. The minimum Gasteiger partial charge on any atom is -0.497 e. The number of rotatable bonds is 2. The first kappa shape index (κ1) is 15.9. The lowest BCUT2D eigenvalue weighted by Gasteiger charge is -2.00. The average Bonchev–Trinajstić information content (AvgIpc) is 2.34. The molecule has 4 nitrogen and oxygen atoms in total. The maximum Gasteiger partial charge on any atom is 0.122 e. The number of nitrogens with one attached hydrogen (secondary N) is 1. The summed E-state index contributed by atoms with van der Waals surface area (Å²) in [7, 11) is 2.60. The molecule has 0 fully saturated rings. The van der Waals surface area contributed by atoms with E-state index in [0.717, 1.165) is 12.9 Å². The van der Waals surface area contributed by atoms with Crippen molar-refractivity contribution in [2.75, 3.05) is 14.2 Å². The van der Waals surface area contributed by atoms with Gasteiger partial charge in [0.2, 0.25) is 0 Å². The third-order valence-electron chi connectivity index (χ3n) is 1.40. The maximum atomic E-state index is 7.10. The molecule has 0 unspecified atom stereocenters. The zero-order valence-corrected chi connectivity index (χ0v) is 9.74. The van der Waals surface area contributed by atoms with Crippen LogP contribution < -0.4 is 10.5 Å². The van der Waals surface area contributed by atoms with E-state index >= 15 is 0 Å². The molecule has 0 bridgehead atoms. The van der Waals surface area contributed by atoms with E-state index in [0.29, 0.717) is 5.56 Å². The van der Waals surface area contributed by atoms with Crippen molar-refractivity contribution >= 4 is 5.84 Å². The largest absolute Gasteiger partial charge is 0.497 e. The number of amidine groups is 1. The van der Waals surface area contributed by atoms with Crippen LogP contribution in [-0.4, -0.2) is 25.2 Å². The van der Waals surface area contributed by atoms with E-state index in [4.69, 9.17) is 21.0 Å². The predicted molar refractivity (Wildman–Crippen MR) is 63.5 cm³/mol. The van der Waals surface area contributed by atoms with Crippen molar-refractivity contribution in [3.63, 3.8) is 0 Å². The molecule has 0 saturated heterocycles. The number of hydrogen-bond acceptors (Lipinski definition) is 3. The van der Waals surface area contributed by atoms with Gasteiger partial charge < -0.3 is 15.6 Å². The van der Waals surface area contributed by atoms with Crippen LogP contribution in [0.5, 0.6) is 5.75 Å². The van der Waals surface area contributed by atoms with Gasteiger partial charge >= 0.3 is 0 Å². The van der Waals surface area contributed by atoms with Gasteiger partial charge in [0.1, 0.15) is 11.6 Å². The van der Waals surface area contributed by atoms with E-state index in [9.17, 15) is 0 Å². The van der Waals surface area contributed by atoms with E-state index in [2.05, 4.69) is 0 Å². The Morgan fingerprint density at radius 1 is 1.20 bits per heavy atom. The smallest absolute Gasteiger partial charge is 0.122 e. The minimum absolute atomic E-state index is 0.0765. The molecule has 4 heteroatoms. The van der Waals surface area contributed by atoms with Gasteiger partial charge in [-0.15, -0.1) is 0 Å². The molecule has 1 rings (SSSR count). The van der Waals surface area contributed by atoms with Crippen LogP contribution in [0.3, 0.4) is 0 Å². The van der Waals surface area contributed by atoms with Crippen molar-refractivity contribution in [2.45, 2.75) is 13.8 Å². The summed E-state index contributed by atoms with van der Waals surface area (Å²) < 4.78 is 4.94. The van der Waals surface area contributed by atoms with Crippen LogP contribution >= 0.6 is 0 Å². The molecule has 0 radical (unpaired) electrons. The highest BCUT2D eigenvalue weighted by atomic mass is 16.5. The Morgan fingerprint density at radius 3 is 1.87 bits per heavy atom. The summed E-state index contributed by atoms with van der Waals surface area (Å²) in [4.78, 5) is 0. The van der Waals surface area contributed by atoms with Crippen LogP contribution in [0, 0.1) is 5.41 Å². The quantitative estimate of drug-likeness (QED) is 0.514. The second kappa shape index (κ2) is 10.5. The molecular formula is C11H20N2O2. The Hall–Kier alpha value is -1.55. The Bertz CT molecular complexity index is 258. The van der Waals surface area contributed by atoms with Crippen LogP contribution in [0.2, 0.25) is 0 Å². The van der Waals surface area contributed by atoms with Crippen molar-refractivity contribution in [3.05, 3.63) is 29.8 Å². The lowest BCUT2D eigenvalue weighted by molar-refractivity contribution is 0.399. The number of aliphatic hydroxyl groups excluding tert-OH is 1. The monoisotopic (exact) mass is 212 g/mol. The molecule has 0 spiro atoms. The summed E-state index contributed by atoms with van der Waals surface area (Å²) in [6.45, 7) is 4.00. The fourth-order valence-corrected chi connectivity index (χ4v) is 0.771. The van der Waals surface area contributed by atoms with Crippen LogP contribution in [0.25, 0.3) is 0 Å². The number of hydrogen-bond donors (Lipinski definition) is 3. The summed E-state index contributed by atoms with van der Waals surface area (Å²) in [5, 5.41) is 14.1. The van der Waals surface area contributed by atoms with Crippen molar-refractivity contribution in [3.8, 4) is 5.75 Å². The summed E-state index contributed by atoms with van der Waals surface area (Å²) >= 11 is 0. The van der Waals surface area contributed by atoms with Gasteiger partial charge in [0.05, 0.1) is 7.11 Å². The molecule has 0 heterocycles. The van der Waals surface area contributed by atoms with Crippen molar-refractivity contribution in [1.82, 2.24) is 0 Å². The van der Waals surface area contributed by atoms with Crippen LogP contribution in [0.1, 0.15) is 19.4 Å². The van der Waals surface area contributed by atoms with Crippen LogP contribution in [0.15, 0.2) is 24.3 Å². The third kappa shape index (κ3) is 6.51. The van der Waals surface area contributed by atoms with Crippen LogP contribution in [0.4, 0.5) is 0 Å². The zero-order valence-electron chi connectivity index (χ0n) is 9.74. The van der Waals surface area contributed by atoms with Gasteiger partial charge in [-0.1, -0.05) is 13.8 Å². The number of nitrogens with two attached hydrogens (primary N) is 1. The second-order valence-electron chi connectivity index (χ2n) is 2.14. The topological polar surface area (TPSA) is 79.3 Å². The molecule has 1 aromatic rings. The first-order valence-corrected chi connectivity index (χ1v) is 4.67. The SMILES string of the molecule is CC.CO.COc1ccc(C(=N)N)cc1. The lowest BCUT2D eigenvalue weighted by atomic mass is 10.2. The van der Waals surface area contributed by atoms with Gasteiger partial charge in [0, 0.05) is 12.7 Å². The normalized spacial score (nSPS) is 7.53. The Labute approximate surface area is 91.2 Å². The third-order valence-corrected chi connectivity index (χ3v) is 1.40. The highest BCUT2D eigenvalue weighted by Gasteiger charge is 1.94. The summed E-state index contributed by atoms with van der Waals surface area (Å²) in [6.07, 6.45) is 0. The van der Waals surface area contributed by atoms with Gasteiger partial charge in [0.15, 0.2) is 0 Å². The molecule has 0 aliphatic carbocycles. The summed E-state index contributed by atoms with van der Waals surface area (Å²) in [5.41, 5.74) is 5.96. The van der Waals surface area contributed by atoms with Gasteiger partial charge in [-0.2, -0.15) is 0 Å². The van der Waals surface area contributed by atoms with E-state index in [-0.39, 0.29) is 5.84 Å². The predicted octanol–water partition coefficient (Wildman–Crippen LogP) is 1.61. The minimum atomic E-state index is 0.0765. The molecule has 0 aromatic heterocycles. The fraction of sp³-hybridized carbons (Fsp3) is 0.364. The van der Waals surface area contributed by atoms with Crippen LogP contribution in [-0.2, 0) is 0 Å². The standard InChI is InChI=1S/C8H10N2O.C2H6.CH4O/c1-11-7-4-2-6(3-5-7)8(9)10;2*1-2/h2-5H,1H3,(H3,9,10);1-2H3;2H,1H3. The fourth-order valence-electron chi connectivity index (χ4n) is 0.771. The van der Waals surface area contributed by atoms with E-state index < -0.39 is 0 Å². The Morgan fingerprint density at radius 2 is 1.60 bits per heavy atom. The van der Waals surface area contributed by atoms with Gasteiger partial charge in [-0.25, -0.2) is 0 Å². The van der Waals surface area contributed by atoms with Crippen molar-refractivity contribution in [2.24, 2.45) is 5.73 Å². The summed E-state index contributed by atoms with van der Waals surface area (Å²) in [6, 6.07) is 7.05. The molecule has 4 N–H and O–H groups in total. The maximum absolute atomic E-state index is 7.10. The molecule has 0 amide bonds. The first-order chi connectivity index (χ1) is 7.24. The Balaban J connectivity index is 0. The molecule has 86 valence electrons. The average molecular weight is 212 g/mol.